The monoisotopic (exact) mass is 347 g/mol. The molecule has 0 aliphatic carbocycles. The standard InChI is InChI=1S/C18H22FN3O3/c1-21-7-6-13(9-21)10-22(2)18(23)16-11-25-17(20-16)12-24-15-5-3-4-14(19)8-15/h3-5,8,11,13H,6-7,9-10,12H2,1-2H3/t13-/m1/s1. The molecule has 1 aliphatic rings. The molecule has 0 unspecified atom stereocenters. The number of amides is 1. The lowest BCUT2D eigenvalue weighted by Crippen LogP contribution is -2.33. The Morgan fingerprint density at radius 1 is 1.52 bits per heavy atom. The molecule has 2 heterocycles. The minimum absolute atomic E-state index is 0.0356. The predicted octanol–water partition coefficient (Wildman–Crippen LogP) is 2.42. The molecule has 0 spiro atoms. The third-order valence-corrected chi connectivity index (χ3v) is 4.30. The fourth-order valence-electron chi connectivity index (χ4n) is 3.02. The van der Waals surface area contributed by atoms with E-state index in [1.165, 1.54) is 18.4 Å². The normalized spacial score (nSPS) is 17.6. The van der Waals surface area contributed by atoms with Gasteiger partial charge in [-0.1, -0.05) is 6.07 Å². The van der Waals surface area contributed by atoms with Gasteiger partial charge in [-0.15, -0.1) is 0 Å². The zero-order chi connectivity index (χ0) is 17.8. The number of rotatable bonds is 6. The summed E-state index contributed by atoms with van der Waals surface area (Å²) in [5, 5.41) is 0. The molecule has 0 N–H and O–H groups in total. The lowest BCUT2D eigenvalue weighted by molar-refractivity contribution is 0.0768. The Morgan fingerprint density at radius 2 is 2.36 bits per heavy atom. The topological polar surface area (TPSA) is 58.8 Å². The first-order valence-corrected chi connectivity index (χ1v) is 8.28. The first-order chi connectivity index (χ1) is 12.0. The van der Waals surface area contributed by atoms with Gasteiger partial charge in [0.25, 0.3) is 5.91 Å². The average molecular weight is 347 g/mol. The van der Waals surface area contributed by atoms with E-state index < -0.39 is 0 Å². The third kappa shape index (κ3) is 4.57. The van der Waals surface area contributed by atoms with Crippen LogP contribution >= 0.6 is 0 Å². The van der Waals surface area contributed by atoms with Gasteiger partial charge in [-0.2, -0.15) is 0 Å². The van der Waals surface area contributed by atoms with Gasteiger partial charge >= 0.3 is 0 Å². The lowest BCUT2D eigenvalue weighted by Gasteiger charge is -2.20. The van der Waals surface area contributed by atoms with E-state index in [1.807, 2.05) is 0 Å². The van der Waals surface area contributed by atoms with E-state index in [1.54, 1.807) is 24.1 Å². The Morgan fingerprint density at radius 3 is 3.08 bits per heavy atom. The van der Waals surface area contributed by atoms with Crippen LogP contribution in [0.3, 0.4) is 0 Å². The number of carbonyl (C=O) groups excluding carboxylic acids is 1. The van der Waals surface area contributed by atoms with Gasteiger partial charge in [-0.25, -0.2) is 9.37 Å². The second kappa shape index (κ2) is 7.65. The fraction of sp³-hybridized carbons (Fsp3) is 0.444. The Bertz CT molecular complexity index is 734. The number of carbonyl (C=O) groups is 1. The first-order valence-electron chi connectivity index (χ1n) is 8.28. The molecule has 25 heavy (non-hydrogen) atoms. The quantitative estimate of drug-likeness (QED) is 0.803. The summed E-state index contributed by atoms with van der Waals surface area (Å²) in [6.07, 6.45) is 2.43. The molecule has 1 amide bonds. The van der Waals surface area contributed by atoms with E-state index in [0.717, 1.165) is 19.5 Å². The molecule has 0 saturated carbocycles. The van der Waals surface area contributed by atoms with E-state index in [9.17, 15) is 9.18 Å². The highest BCUT2D eigenvalue weighted by atomic mass is 19.1. The number of benzene rings is 1. The van der Waals surface area contributed by atoms with Gasteiger partial charge in [0.1, 0.15) is 17.8 Å². The van der Waals surface area contributed by atoms with Crippen LogP contribution in [0.1, 0.15) is 22.8 Å². The van der Waals surface area contributed by atoms with Crippen molar-refractivity contribution in [3.8, 4) is 5.75 Å². The summed E-state index contributed by atoms with van der Waals surface area (Å²) in [6.45, 7) is 2.81. The SMILES string of the molecule is CN1CC[C@@H](CN(C)C(=O)c2coc(COc3cccc(F)c3)n2)C1. The molecule has 134 valence electrons. The molecule has 7 heteroatoms. The molecular weight excluding hydrogens is 325 g/mol. The maximum Gasteiger partial charge on any atom is 0.275 e. The Kier molecular flexibility index (Phi) is 5.33. The van der Waals surface area contributed by atoms with Crippen molar-refractivity contribution in [2.45, 2.75) is 13.0 Å². The number of hydrogen-bond donors (Lipinski definition) is 0. The molecule has 1 aromatic carbocycles. The molecule has 6 nitrogen and oxygen atoms in total. The molecule has 2 aromatic rings. The van der Waals surface area contributed by atoms with Gasteiger partial charge in [0.05, 0.1) is 0 Å². The van der Waals surface area contributed by atoms with Crippen LogP contribution in [-0.2, 0) is 6.61 Å². The van der Waals surface area contributed by atoms with Crippen molar-refractivity contribution < 1.29 is 18.3 Å². The van der Waals surface area contributed by atoms with Gasteiger partial charge in [0, 0.05) is 26.2 Å². The van der Waals surface area contributed by atoms with E-state index in [-0.39, 0.29) is 29.9 Å². The van der Waals surface area contributed by atoms with Crippen molar-refractivity contribution in [1.82, 2.24) is 14.8 Å². The first kappa shape index (κ1) is 17.4. The predicted molar refractivity (Wildman–Crippen MR) is 89.8 cm³/mol. The van der Waals surface area contributed by atoms with Gasteiger partial charge in [-0.3, -0.25) is 4.79 Å². The van der Waals surface area contributed by atoms with Crippen LogP contribution in [-0.4, -0.2) is 54.4 Å². The minimum atomic E-state index is -0.375. The second-order valence-electron chi connectivity index (χ2n) is 6.48. The van der Waals surface area contributed by atoms with Gasteiger partial charge in [0.15, 0.2) is 12.3 Å². The molecule has 1 fully saturated rings. The third-order valence-electron chi connectivity index (χ3n) is 4.30. The van der Waals surface area contributed by atoms with Crippen molar-refractivity contribution in [3.05, 3.63) is 47.9 Å². The summed E-state index contributed by atoms with van der Waals surface area (Å²) in [4.78, 5) is 20.6. The van der Waals surface area contributed by atoms with Crippen molar-refractivity contribution >= 4 is 5.91 Å². The Labute approximate surface area is 146 Å². The summed E-state index contributed by atoms with van der Waals surface area (Å²) in [7, 11) is 3.86. The maximum absolute atomic E-state index is 13.1. The molecule has 1 saturated heterocycles. The number of halogens is 1. The highest BCUT2D eigenvalue weighted by Crippen LogP contribution is 2.17. The molecule has 3 rings (SSSR count). The highest BCUT2D eigenvalue weighted by molar-refractivity contribution is 5.91. The largest absolute Gasteiger partial charge is 0.484 e. The van der Waals surface area contributed by atoms with Gasteiger partial charge < -0.3 is 19.0 Å². The molecular formula is C18H22FN3O3. The molecule has 0 bridgehead atoms. The zero-order valence-electron chi connectivity index (χ0n) is 14.4. The summed E-state index contributed by atoms with van der Waals surface area (Å²) in [5.41, 5.74) is 0.256. The average Bonchev–Trinajstić information content (AvgIpc) is 3.21. The van der Waals surface area contributed by atoms with Crippen LogP contribution in [0.4, 0.5) is 4.39 Å². The molecule has 0 radical (unpaired) electrons. The second-order valence-corrected chi connectivity index (χ2v) is 6.48. The van der Waals surface area contributed by atoms with Crippen LogP contribution < -0.4 is 4.74 Å². The van der Waals surface area contributed by atoms with E-state index in [4.69, 9.17) is 9.15 Å². The van der Waals surface area contributed by atoms with Crippen molar-refractivity contribution in [2.75, 3.05) is 33.7 Å². The van der Waals surface area contributed by atoms with Crippen LogP contribution in [0.5, 0.6) is 5.75 Å². The molecule has 1 aromatic heterocycles. The summed E-state index contributed by atoms with van der Waals surface area (Å²) < 4.78 is 23.8. The molecule has 1 aliphatic heterocycles. The van der Waals surface area contributed by atoms with Crippen molar-refractivity contribution in [3.63, 3.8) is 0 Å². The number of likely N-dealkylation sites (tertiary alicyclic amines) is 1. The lowest BCUT2D eigenvalue weighted by atomic mass is 10.1. The highest BCUT2D eigenvalue weighted by Gasteiger charge is 2.24. The van der Waals surface area contributed by atoms with Crippen LogP contribution in [0.15, 0.2) is 34.9 Å². The van der Waals surface area contributed by atoms with Gasteiger partial charge in [0.2, 0.25) is 5.89 Å². The molecule has 1 atom stereocenters. The van der Waals surface area contributed by atoms with E-state index >= 15 is 0 Å². The number of nitrogens with zero attached hydrogens (tertiary/aromatic N) is 3. The number of aromatic nitrogens is 1. The van der Waals surface area contributed by atoms with Crippen molar-refractivity contribution in [1.29, 1.82) is 0 Å². The minimum Gasteiger partial charge on any atom is -0.484 e. The van der Waals surface area contributed by atoms with Gasteiger partial charge in [-0.05, 0) is 38.1 Å². The maximum atomic E-state index is 13.1. The van der Waals surface area contributed by atoms with E-state index in [2.05, 4.69) is 16.9 Å². The number of oxazole rings is 1. The van der Waals surface area contributed by atoms with E-state index in [0.29, 0.717) is 18.2 Å². The summed E-state index contributed by atoms with van der Waals surface area (Å²) in [5.74, 6) is 0.604. The number of ether oxygens (including phenoxy) is 1. The summed E-state index contributed by atoms with van der Waals surface area (Å²) >= 11 is 0. The fourth-order valence-corrected chi connectivity index (χ4v) is 3.02. The van der Waals surface area contributed by atoms with Crippen LogP contribution in [0.2, 0.25) is 0 Å². The summed E-state index contributed by atoms with van der Waals surface area (Å²) in [6, 6.07) is 5.82. The van der Waals surface area contributed by atoms with Crippen molar-refractivity contribution in [2.24, 2.45) is 5.92 Å². The smallest absolute Gasteiger partial charge is 0.275 e. The van der Waals surface area contributed by atoms with Crippen LogP contribution in [0.25, 0.3) is 0 Å². The Hall–Kier alpha value is -2.41. The number of hydrogen-bond acceptors (Lipinski definition) is 5. The zero-order valence-corrected chi connectivity index (χ0v) is 14.4. The van der Waals surface area contributed by atoms with Crippen LogP contribution in [0, 0.1) is 11.7 Å². The Balaban J connectivity index is 1.54.